The van der Waals surface area contributed by atoms with Gasteiger partial charge in [0.2, 0.25) is 0 Å². The van der Waals surface area contributed by atoms with E-state index in [-0.39, 0.29) is 0 Å². The standard InChI is InChI=1S/C17H33N/c1-15(2)18-14-17(11-6-7-12-17)13-10-16-8-4-3-5-9-16/h15-16,18H,3-14H2,1-2H3. The number of nitrogens with one attached hydrogen (secondary N) is 1. The van der Waals surface area contributed by atoms with E-state index in [1.165, 1.54) is 77.2 Å². The Balaban J connectivity index is 1.77. The van der Waals surface area contributed by atoms with Crippen LogP contribution >= 0.6 is 0 Å². The third-order valence-electron chi connectivity index (χ3n) is 5.36. The Bertz CT molecular complexity index is 222. The van der Waals surface area contributed by atoms with Gasteiger partial charge in [0.1, 0.15) is 0 Å². The van der Waals surface area contributed by atoms with Crippen LogP contribution in [0.1, 0.15) is 84.5 Å². The third-order valence-corrected chi connectivity index (χ3v) is 5.36. The van der Waals surface area contributed by atoms with E-state index in [2.05, 4.69) is 19.2 Å². The smallest absolute Gasteiger partial charge is 0.00106 e. The molecule has 0 aromatic carbocycles. The molecule has 2 fully saturated rings. The van der Waals surface area contributed by atoms with Gasteiger partial charge in [-0.1, -0.05) is 58.8 Å². The largest absolute Gasteiger partial charge is 0.314 e. The van der Waals surface area contributed by atoms with Crippen LogP contribution < -0.4 is 5.32 Å². The Morgan fingerprint density at radius 3 is 2.28 bits per heavy atom. The normalized spacial score (nSPS) is 24.8. The number of hydrogen-bond donors (Lipinski definition) is 1. The Labute approximate surface area is 114 Å². The van der Waals surface area contributed by atoms with Crippen LogP contribution in [0.4, 0.5) is 0 Å². The molecule has 1 N–H and O–H groups in total. The average molecular weight is 251 g/mol. The molecule has 0 aromatic rings. The number of hydrogen-bond acceptors (Lipinski definition) is 1. The van der Waals surface area contributed by atoms with E-state index in [4.69, 9.17) is 0 Å². The highest BCUT2D eigenvalue weighted by Gasteiger charge is 2.34. The van der Waals surface area contributed by atoms with E-state index in [1.54, 1.807) is 0 Å². The minimum atomic E-state index is 0.650. The Morgan fingerprint density at radius 1 is 1.00 bits per heavy atom. The van der Waals surface area contributed by atoms with Crippen molar-refractivity contribution in [2.24, 2.45) is 11.3 Å². The zero-order valence-electron chi connectivity index (χ0n) is 12.6. The third kappa shape index (κ3) is 4.26. The maximum absolute atomic E-state index is 3.72. The molecule has 0 aromatic heterocycles. The Morgan fingerprint density at radius 2 is 1.67 bits per heavy atom. The lowest BCUT2D eigenvalue weighted by Crippen LogP contribution is -2.36. The Kier molecular flexibility index (Phi) is 5.54. The van der Waals surface area contributed by atoms with Gasteiger partial charge in [0.15, 0.2) is 0 Å². The van der Waals surface area contributed by atoms with E-state index in [1.807, 2.05) is 0 Å². The second kappa shape index (κ2) is 6.93. The van der Waals surface area contributed by atoms with E-state index in [0.717, 1.165) is 5.92 Å². The fourth-order valence-corrected chi connectivity index (χ4v) is 4.05. The predicted molar refractivity (Wildman–Crippen MR) is 79.8 cm³/mol. The monoisotopic (exact) mass is 251 g/mol. The lowest BCUT2D eigenvalue weighted by Gasteiger charge is -2.33. The highest BCUT2D eigenvalue weighted by Crippen LogP contribution is 2.43. The lowest BCUT2D eigenvalue weighted by molar-refractivity contribution is 0.210. The quantitative estimate of drug-likeness (QED) is 0.707. The summed E-state index contributed by atoms with van der Waals surface area (Å²) in [7, 11) is 0. The summed E-state index contributed by atoms with van der Waals surface area (Å²) in [4.78, 5) is 0. The van der Waals surface area contributed by atoms with Crippen molar-refractivity contribution in [3.8, 4) is 0 Å². The molecule has 0 atom stereocenters. The van der Waals surface area contributed by atoms with Gasteiger partial charge in [-0.3, -0.25) is 0 Å². The highest BCUT2D eigenvalue weighted by atomic mass is 14.9. The maximum Gasteiger partial charge on any atom is 0.00106 e. The van der Waals surface area contributed by atoms with Gasteiger partial charge in [0, 0.05) is 12.6 Å². The van der Waals surface area contributed by atoms with Crippen LogP contribution in [-0.2, 0) is 0 Å². The van der Waals surface area contributed by atoms with E-state index < -0.39 is 0 Å². The lowest BCUT2D eigenvalue weighted by atomic mass is 9.76. The van der Waals surface area contributed by atoms with Crippen LogP contribution in [0.25, 0.3) is 0 Å². The minimum absolute atomic E-state index is 0.650. The van der Waals surface area contributed by atoms with Crippen LogP contribution in [0.3, 0.4) is 0 Å². The van der Waals surface area contributed by atoms with Crippen LogP contribution in [-0.4, -0.2) is 12.6 Å². The van der Waals surface area contributed by atoms with Crippen molar-refractivity contribution in [3.63, 3.8) is 0 Å². The summed E-state index contributed by atoms with van der Waals surface area (Å²) in [6.07, 6.45) is 16.5. The van der Waals surface area contributed by atoms with Gasteiger partial charge >= 0.3 is 0 Å². The second-order valence-corrected chi connectivity index (χ2v) is 7.29. The SMILES string of the molecule is CC(C)NCC1(CCC2CCCCC2)CCCC1. The molecule has 0 amide bonds. The summed E-state index contributed by atoms with van der Waals surface area (Å²) in [5.74, 6) is 1.07. The number of rotatable bonds is 6. The van der Waals surface area contributed by atoms with Gasteiger partial charge in [-0.2, -0.15) is 0 Å². The predicted octanol–water partition coefficient (Wildman–Crippen LogP) is 4.91. The molecule has 2 saturated carbocycles. The van der Waals surface area contributed by atoms with Crippen molar-refractivity contribution in [2.75, 3.05) is 6.54 Å². The molecule has 0 aliphatic heterocycles. The highest BCUT2D eigenvalue weighted by molar-refractivity contribution is 4.88. The first kappa shape index (κ1) is 14.4. The van der Waals surface area contributed by atoms with Crippen molar-refractivity contribution >= 4 is 0 Å². The molecule has 0 radical (unpaired) electrons. The molecule has 106 valence electrons. The van der Waals surface area contributed by atoms with Crippen LogP contribution in [0.5, 0.6) is 0 Å². The summed E-state index contributed by atoms with van der Waals surface area (Å²) in [5, 5.41) is 3.72. The molecule has 0 heterocycles. The zero-order chi connectivity index (χ0) is 12.8. The van der Waals surface area contributed by atoms with E-state index in [9.17, 15) is 0 Å². The molecule has 2 rings (SSSR count). The molecule has 18 heavy (non-hydrogen) atoms. The second-order valence-electron chi connectivity index (χ2n) is 7.29. The van der Waals surface area contributed by atoms with Gasteiger partial charge in [0.05, 0.1) is 0 Å². The fraction of sp³-hybridized carbons (Fsp3) is 1.00. The first-order valence-corrected chi connectivity index (χ1v) is 8.44. The molecule has 0 bridgehead atoms. The molecule has 1 heteroatoms. The topological polar surface area (TPSA) is 12.0 Å². The van der Waals surface area contributed by atoms with Gasteiger partial charge in [-0.15, -0.1) is 0 Å². The molecule has 0 spiro atoms. The maximum atomic E-state index is 3.72. The van der Waals surface area contributed by atoms with Crippen molar-refractivity contribution in [1.82, 2.24) is 5.32 Å². The summed E-state index contributed by atoms with van der Waals surface area (Å²) < 4.78 is 0. The average Bonchev–Trinajstić information content (AvgIpc) is 2.85. The van der Waals surface area contributed by atoms with Gasteiger partial charge < -0.3 is 5.32 Å². The summed E-state index contributed by atoms with van der Waals surface area (Å²) in [5.41, 5.74) is 0.668. The van der Waals surface area contributed by atoms with E-state index in [0.29, 0.717) is 11.5 Å². The Hall–Kier alpha value is -0.0400. The molecule has 1 nitrogen and oxygen atoms in total. The van der Waals surface area contributed by atoms with Gasteiger partial charge in [0.25, 0.3) is 0 Å². The minimum Gasteiger partial charge on any atom is -0.314 e. The molecule has 0 saturated heterocycles. The molecule has 0 unspecified atom stereocenters. The summed E-state index contributed by atoms with van der Waals surface area (Å²) >= 11 is 0. The van der Waals surface area contributed by atoms with Crippen molar-refractivity contribution in [2.45, 2.75) is 90.5 Å². The van der Waals surface area contributed by atoms with E-state index >= 15 is 0 Å². The first-order valence-electron chi connectivity index (χ1n) is 8.44. The first-order chi connectivity index (χ1) is 8.70. The van der Waals surface area contributed by atoms with Gasteiger partial charge in [-0.25, -0.2) is 0 Å². The van der Waals surface area contributed by atoms with Crippen molar-refractivity contribution in [3.05, 3.63) is 0 Å². The zero-order valence-corrected chi connectivity index (χ0v) is 12.6. The van der Waals surface area contributed by atoms with Crippen molar-refractivity contribution in [1.29, 1.82) is 0 Å². The van der Waals surface area contributed by atoms with Crippen LogP contribution in [0.15, 0.2) is 0 Å². The fourth-order valence-electron chi connectivity index (χ4n) is 4.05. The van der Waals surface area contributed by atoms with Crippen molar-refractivity contribution < 1.29 is 0 Å². The van der Waals surface area contributed by atoms with Gasteiger partial charge in [-0.05, 0) is 37.0 Å². The molecular formula is C17H33N. The van der Waals surface area contributed by atoms with Crippen LogP contribution in [0, 0.1) is 11.3 Å². The molecule has 2 aliphatic rings. The van der Waals surface area contributed by atoms with Crippen LogP contribution in [0.2, 0.25) is 0 Å². The molecular weight excluding hydrogens is 218 g/mol. The molecule has 2 aliphatic carbocycles. The summed E-state index contributed by atoms with van der Waals surface area (Å²) in [6.45, 7) is 5.84. The summed E-state index contributed by atoms with van der Waals surface area (Å²) in [6, 6.07) is 0.650.